The largest absolute Gasteiger partial charge is 0.493 e. The fourth-order valence-electron chi connectivity index (χ4n) is 3.19. The molecule has 0 saturated carbocycles. The molecule has 2 amide bonds. The molecule has 3 rings (SSSR count). The second kappa shape index (κ2) is 11.3. The standard InChI is InChI=1S/C24H23N3O8S/c1-13-8-17(18(27(31)32)9-14(13)2)25-22(28)12-35-24(30)15-10-19(33-3)20(34-4)11-16(15)26-23(29)21-6-5-7-36-21/h5-11H,12H2,1-4H3,(H,25,28)(H,26,29). The smallest absolute Gasteiger partial charge is 0.340 e. The van der Waals surface area contributed by atoms with E-state index < -0.39 is 29.3 Å². The molecule has 3 aromatic rings. The van der Waals surface area contributed by atoms with E-state index in [1.807, 2.05) is 0 Å². The highest BCUT2D eigenvalue weighted by Crippen LogP contribution is 2.34. The lowest BCUT2D eigenvalue weighted by Crippen LogP contribution is -2.22. The Balaban J connectivity index is 1.80. The zero-order valence-corrected chi connectivity index (χ0v) is 20.7. The Hall–Kier alpha value is -4.45. The highest BCUT2D eigenvalue weighted by atomic mass is 32.1. The summed E-state index contributed by atoms with van der Waals surface area (Å²) in [5, 5.41) is 18.1. The van der Waals surface area contributed by atoms with Crippen molar-refractivity contribution < 1.29 is 33.5 Å². The first-order valence-corrected chi connectivity index (χ1v) is 11.4. The van der Waals surface area contributed by atoms with E-state index in [2.05, 4.69) is 10.6 Å². The first-order valence-electron chi connectivity index (χ1n) is 10.5. The van der Waals surface area contributed by atoms with Gasteiger partial charge in [-0.25, -0.2) is 4.79 Å². The van der Waals surface area contributed by atoms with Crippen LogP contribution >= 0.6 is 11.3 Å². The van der Waals surface area contributed by atoms with Crippen molar-refractivity contribution in [1.29, 1.82) is 0 Å². The maximum absolute atomic E-state index is 12.9. The van der Waals surface area contributed by atoms with Crippen molar-refractivity contribution >= 4 is 46.2 Å². The number of nitro benzene ring substituents is 1. The quantitative estimate of drug-likeness (QED) is 0.244. The van der Waals surface area contributed by atoms with Crippen LogP contribution in [0.15, 0.2) is 41.8 Å². The summed E-state index contributed by atoms with van der Waals surface area (Å²) in [6, 6.07) is 8.87. The Morgan fingerprint density at radius 2 is 1.64 bits per heavy atom. The van der Waals surface area contributed by atoms with Gasteiger partial charge in [0.2, 0.25) is 0 Å². The predicted octanol–water partition coefficient (Wildman–Crippen LogP) is 4.34. The van der Waals surface area contributed by atoms with E-state index in [1.54, 1.807) is 31.4 Å². The van der Waals surface area contributed by atoms with Gasteiger partial charge in [-0.15, -0.1) is 11.3 Å². The molecule has 0 radical (unpaired) electrons. The molecule has 11 nitrogen and oxygen atoms in total. The highest BCUT2D eigenvalue weighted by molar-refractivity contribution is 7.12. The van der Waals surface area contributed by atoms with Crippen LogP contribution in [-0.4, -0.2) is 43.5 Å². The molecule has 12 heteroatoms. The van der Waals surface area contributed by atoms with Crippen LogP contribution < -0.4 is 20.1 Å². The number of benzene rings is 2. The van der Waals surface area contributed by atoms with Gasteiger partial charge >= 0.3 is 5.97 Å². The average molecular weight is 514 g/mol. The first kappa shape index (κ1) is 26.2. The Morgan fingerprint density at radius 1 is 0.972 bits per heavy atom. The zero-order valence-electron chi connectivity index (χ0n) is 19.9. The topological polar surface area (TPSA) is 146 Å². The van der Waals surface area contributed by atoms with Gasteiger partial charge in [-0.05, 0) is 42.5 Å². The number of carbonyl (C=O) groups is 3. The molecule has 2 aromatic carbocycles. The van der Waals surface area contributed by atoms with Gasteiger partial charge in [0.05, 0.1) is 35.3 Å². The Bertz CT molecular complexity index is 1320. The number of ether oxygens (including phenoxy) is 3. The monoisotopic (exact) mass is 513 g/mol. The SMILES string of the molecule is COc1cc(NC(=O)c2cccs2)c(C(=O)OCC(=O)Nc2cc(C)c(C)cc2[N+](=O)[O-])cc1OC. The molecule has 0 atom stereocenters. The number of hydrogen-bond donors (Lipinski definition) is 2. The van der Waals surface area contributed by atoms with E-state index in [4.69, 9.17) is 14.2 Å². The summed E-state index contributed by atoms with van der Waals surface area (Å²) in [4.78, 5) is 49.0. The maximum Gasteiger partial charge on any atom is 0.340 e. The second-order valence-electron chi connectivity index (χ2n) is 7.52. The van der Waals surface area contributed by atoms with E-state index >= 15 is 0 Å². The van der Waals surface area contributed by atoms with Gasteiger partial charge in [-0.2, -0.15) is 0 Å². The van der Waals surface area contributed by atoms with Crippen LogP contribution in [0.25, 0.3) is 0 Å². The molecule has 0 spiro atoms. The van der Waals surface area contributed by atoms with E-state index in [-0.39, 0.29) is 34.1 Å². The minimum absolute atomic E-state index is 0.0147. The number of aryl methyl sites for hydroxylation is 2. The average Bonchev–Trinajstić information content (AvgIpc) is 3.39. The number of esters is 1. The number of nitrogens with one attached hydrogen (secondary N) is 2. The number of anilines is 2. The molecule has 2 N–H and O–H groups in total. The van der Waals surface area contributed by atoms with E-state index in [0.29, 0.717) is 10.4 Å². The van der Waals surface area contributed by atoms with Crippen molar-refractivity contribution in [2.24, 2.45) is 0 Å². The molecule has 1 aromatic heterocycles. The molecular formula is C24H23N3O8S. The minimum atomic E-state index is -0.929. The molecule has 0 fully saturated rings. The van der Waals surface area contributed by atoms with Crippen LogP contribution in [0.2, 0.25) is 0 Å². The van der Waals surface area contributed by atoms with Crippen molar-refractivity contribution in [2.45, 2.75) is 13.8 Å². The minimum Gasteiger partial charge on any atom is -0.493 e. The van der Waals surface area contributed by atoms with Crippen LogP contribution in [-0.2, 0) is 9.53 Å². The number of thiophene rings is 1. The van der Waals surface area contributed by atoms with Gasteiger partial charge in [0.25, 0.3) is 17.5 Å². The summed E-state index contributed by atoms with van der Waals surface area (Å²) >= 11 is 1.22. The predicted molar refractivity (Wildman–Crippen MR) is 133 cm³/mol. The Morgan fingerprint density at radius 3 is 2.25 bits per heavy atom. The van der Waals surface area contributed by atoms with Crippen LogP contribution in [0.4, 0.5) is 17.1 Å². The van der Waals surface area contributed by atoms with Crippen molar-refractivity contribution in [2.75, 3.05) is 31.5 Å². The summed E-state index contributed by atoms with van der Waals surface area (Å²) in [5.74, 6) is -1.70. The zero-order chi connectivity index (χ0) is 26.4. The molecule has 0 bridgehead atoms. The number of methoxy groups -OCH3 is 2. The molecule has 0 aliphatic heterocycles. The fourth-order valence-corrected chi connectivity index (χ4v) is 3.81. The lowest BCUT2D eigenvalue weighted by Gasteiger charge is -2.15. The summed E-state index contributed by atoms with van der Waals surface area (Å²) in [6.45, 7) is 2.74. The number of hydrogen-bond acceptors (Lipinski definition) is 9. The van der Waals surface area contributed by atoms with Gasteiger partial charge in [-0.3, -0.25) is 19.7 Å². The van der Waals surface area contributed by atoms with E-state index in [1.165, 1.54) is 49.8 Å². The lowest BCUT2D eigenvalue weighted by atomic mass is 10.1. The summed E-state index contributed by atoms with van der Waals surface area (Å²) in [5.41, 5.74) is 1.14. The molecule has 0 aliphatic rings. The Kier molecular flexibility index (Phi) is 8.22. The number of nitrogens with zero attached hydrogens (tertiary/aromatic N) is 1. The molecule has 188 valence electrons. The number of rotatable bonds is 9. The number of amides is 2. The summed E-state index contributed by atoms with van der Waals surface area (Å²) in [6.07, 6.45) is 0. The van der Waals surface area contributed by atoms with Crippen LogP contribution in [0.1, 0.15) is 31.2 Å². The normalized spacial score (nSPS) is 10.3. The fraction of sp³-hybridized carbons (Fsp3) is 0.208. The van der Waals surface area contributed by atoms with Crippen LogP contribution in [0.5, 0.6) is 11.5 Å². The Labute approximate surface area is 210 Å². The van der Waals surface area contributed by atoms with Gasteiger partial charge in [-0.1, -0.05) is 6.07 Å². The maximum atomic E-state index is 12.9. The van der Waals surface area contributed by atoms with Gasteiger partial charge in [0.1, 0.15) is 5.69 Å². The molecule has 36 heavy (non-hydrogen) atoms. The van der Waals surface area contributed by atoms with E-state index in [0.717, 1.165) is 5.56 Å². The molecule has 1 heterocycles. The van der Waals surface area contributed by atoms with Crippen molar-refractivity contribution in [3.8, 4) is 11.5 Å². The lowest BCUT2D eigenvalue weighted by molar-refractivity contribution is -0.384. The van der Waals surface area contributed by atoms with Gasteiger partial charge in [0.15, 0.2) is 18.1 Å². The number of carbonyl (C=O) groups excluding carboxylic acids is 3. The highest BCUT2D eigenvalue weighted by Gasteiger charge is 2.22. The van der Waals surface area contributed by atoms with E-state index in [9.17, 15) is 24.5 Å². The summed E-state index contributed by atoms with van der Waals surface area (Å²) in [7, 11) is 2.78. The third kappa shape index (κ3) is 5.96. The third-order valence-corrected chi connectivity index (χ3v) is 6.02. The molecular weight excluding hydrogens is 490 g/mol. The van der Waals surface area contributed by atoms with Crippen molar-refractivity contribution in [1.82, 2.24) is 0 Å². The summed E-state index contributed by atoms with van der Waals surface area (Å²) < 4.78 is 15.6. The molecule has 0 saturated heterocycles. The van der Waals surface area contributed by atoms with Crippen LogP contribution in [0.3, 0.4) is 0 Å². The second-order valence-corrected chi connectivity index (χ2v) is 8.47. The number of nitro groups is 1. The third-order valence-electron chi connectivity index (χ3n) is 5.15. The first-order chi connectivity index (χ1) is 17.1. The van der Waals surface area contributed by atoms with Gasteiger partial charge in [0, 0.05) is 18.2 Å². The molecule has 0 unspecified atom stereocenters. The van der Waals surface area contributed by atoms with Crippen molar-refractivity contribution in [3.63, 3.8) is 0 Å². The van der Waals surface area contributed by atoms with Gasteiger partial charge < -0.3 is 24.8 Å². The molecule has 0 aliphatic carbocycles. The van der Waals surface area contributed by atoms with Crippen molar-refractivity contribution in [3.05, 3.63) is 73.5 Å². The van der Waals surface area contributed by atoms with Crippen LogP contribution in [0, 0.1) is 24.0 Å².